The van der Waals surface area contributed by atoms with Crippen LogP contribution in [-0.2, 0) is 0 Å². The zero-order chi connectivity index (χ0) is 18.2. The van der Waals surface area contributed by atoms with Gasteiger partial charge in [-0.05, 0) is 55.4 Å². The Balaban J connectivity index is 1.99. The van der Waals surface area contributed by atoms with E-state index in [1.807, 2.05) is 0 Å². The fraction of sp³-hybridized carbons (Fsp3) is 1.00. The highest BCUT2D eigenvalue weighted by Gasteiger charge is 2.39. The van der Waals surface area contributed by atoms with Crippen molar-refractivity contribution in [3.05, 3.63) is 0 Å². The van der Waals surface area contributed by atoms with Gasteiger partial charge in [0.25, 0.3) is 0 Å². The summed E-state index contributed by atoms with van der Waals surface area (Å²) >= 11 is 4.66. The van der Waals surface area contributed by atoms with Crippen molar-refractivity contribution in [3.8, 4) is 0 Å². The van der Waals surface area contributed by atoms with Gasteiger partial charge in [0.2, 0.25) is 0 Å². The van der Waals surface area contributed by atoms with E-state index < -0.39 is 0 Å². The second-order valence-electron chi connectivity index (χ2n) is 9.23. The van der Waals surface area contributed by atoms with Crippen LogP contribution in [-0.4, -0.2) is 87.5 Å². The first kappa shape index (κ1) is 20.5. The van der Waals surface area contributed by atoms with Crippen molar-refractivity contribution >= 4 is 12.8 Å². The van der Waals surface area contributed by atoms with Crippen LogP contribution in [0.5, 0.6) is 0 Å². The predicted molar refractivity (Wildman–Crippen MR) is 108 cm³/mol. The summed E-state index contributed by atoms with van der Waals surface area (Å²) in [5.74, 6) is 0. The van der Waals surface area contributed by atoms with Gasteiger partial charge in [0.1, 0.15) is 0 Å². The van der Waals surface area contributed by atoms with Crippen molar-refractivity contribution in [1.29, 1.82) is 0 Å². The van der Waals surface area contributed by atoms with Crippen LogP contribution in [0.3, 0.4) is 0 Å². The molecule has 0 bridgehead atoms. The Morgan fingerprint density at radius 2 is 1.33 bits per heavy atom. The van der Waals surface area contributed by atoms with Gasteiger partial charge >= 0.3 is 0 Å². The maximum Gasteiger partial charge on any atom is 0.0303 e. The summed E-state index contributed by atoms with van der Waals surface area (Å²) < 4.78 is 2.22. The number of thiol groups is 1. The minimum atomic E-state index is 0.205. The van der Waals surface area contributed by atoms with Crippen LogP contribution < -0.4 is 0 Å². The maximum absolute atomic E-state index is 4.66. The lowest BCUT2D eigenvalue weighted by atomic mass is 9.96. The van der Waals surface area contributed by atoms with E-state index in [2.05, 4.69) is 87.2 Å². The molecule has 0 aromatic rings. The molecule has 142 valence electrons. The molecule has 24 heavy (non-hydrogen) atoms. The molecule has 0 saturated carbocycles. The van der Waals surface area contributed by atoms with Crippen molar-refractivity contribution in [2.75, 3.05) is 32.7 Å². The normalized spacial score (nSPS) is 35.8. The average Bonchev–Trinajstić information content (AvgIpc) is 2.42. The Bertz CT molecular complexity index is 390. The molecule has 2 aliphatic heterocycles. The molecule has 5 heteroatoms. The molecule has 0 N–H and O–H groups in total. The van der Waals surface area contributed by atoms with E-state index in [0.717, 1.165) is 19.6 Å². The summed E-state index contributed by atoms with van der Waals surface area (Å²) in [6.45, 7) is 24.6. The average molecular weight is 357 g/mol. The van der Waals surface area contributed by atoms with Crippen LogP contribution in [0.4, 0.5) is 0 Å². The summed E-state index contributed by atoms with van der Waals surface area (Å²) in [6, 6.07) is 2.92. The molecular formula is C19H40N4S. The number of nitrogens with zero attached hydrogens (tertiary/aromatic N) is 4. The van der Waals surface area contributed by atoms with Gasteiger partial charge in [0.15, 0.2) is 0 Å². The molecule has 2 rings (SSSR count). The molecule has 4 atom stereocenters. The molecule has 2 saturated heterocycles. The number of rotatable bonds is 4. The Kier molecular flexibility index (Phi) is 6.69. The zero-order valence-electron chi connectivity index (χ0n) is 17.2. The monoisotopic (exact) mass is 356 g/mol. The molecule has 0 spiro atoms. The Labute approximate surface area is 156 Å². The molecule has 0 unspecified atom stereocenters. The van der Waals surface area contributed by atoms with E-state index >= 15 is 0 Å². The minimum absolute atomic E-state index is 0.205. The molecule has 0 radical (unpaired) electrons. The third kappa shape index (κ3) is 4.47. The molecule has 0 aromatic heterocycles. The lowest BCUT2D eigenvalue weighted by molar-refractivity contribution is -0.0267. The lowest BCUT2D eigenvalue weighted by Crippen LogP contribution is -2.65. The van der Waals surface area contributed by atoms with E-state index in [-0.39, 0.29) is 5.54 Å². The van der Waals surface area contributed by atoms with Crippen LogP contribution in [0, 0.1) is 0 Å². The second-order valence-corrected chi connectivity index (χ2v) is 9.69. The van der Waals surface area contributed by atoms with Gasteiger partial charge < -0.3 is 0 Å². The van der Waals surface area contributed by atoms with Crippen molar-refractivity contribution in [2.45, 2.75) is 91.1 Å². The van der Waals surface area contributed by atoms with Crippen molar-refractivity contribution in [2.24, 2.45) is 0 Å². The third-order valence-corrected chi connectivity index (χ3v) is 6.79. The first-order valence-electron chi connectivity index (χ1n) is 9.75. The molecule has 0 aromatic carbocycles. The van der Waals surface area contributed by atoms with Crippen molar-refractivity contribution in [3.63, 3.8) is 0 Å². The third-order valence-electron chi connectivity index (χ3n) is 6.00. The lowest BCUT2D eigenvalue weighted by Gasteiger charge is -2.52. The van der Waals surface area contributed by atoms with Crippen LogP contribution in [0.25, 0.3) is 0 Å². The van der Waals surface area contributed by atoms with E-state index in [0.29, 0.717) is 30.2 Å². The van der Waals surface area contributed by atoms with Crippen molar-refractivity contribution in [1.82, 2.24) is 19.0 Å². The first-order valence-corrected chi connectivity index (χ1v) is 10.1. The van der Waals surface area contributed by atoms with Crippen LogP contribution in [0.1, 0.15) is 55.4 Å². The van der Waals surface area contributed by atoms with Crippen LogP contribution in [0.15, 0.2) is 0 Å². The highest BCUT2D eigenvalue weighted by molar-refractivity contribution is 7.77. The Morgan fingerprint density at radius 1 is 0.875 bits per heavy atom. The summed E-state index contributed by atoms with van der Waals surface area (Å²) in [5, 5.41) is 0. The summed E-state index contributed by atoms with van der Waals surface area (Å²) in [6.07, 6.45) is 0. The smallest absolute Gasteiger partial charge is 0.0303 e. The van der Waals surface area contributed by atoms with Gasteiger partial charge in [-0.3, -0.25) is 14.7 Å². The molecule has 2 heterocycles. The van der Waals surface area contributed by atoms with Gasteiger partial charge in [-0.25, -0.2) is 4.31 Å². The topological polar surface area (TPSA) is 13.0 Å². The summed E-state index contributed by atoms with van der Waals surface area (Å²) in [5.41, 5.74) is 0.205. The molecule has 2 fully saturated rings. The highest BCUT2D eigenvalue weighted by Crippen LogP contribution is 2.27. The van der Waals surface area contributed by atoms with E-state index in [1.54, 1.807) is 0 Å². The SMILES string of the molecule is CC(C)N1[C@@H](C)CN(CC(C)(C)N2C[C@@H](C)N(S)[C@H](C)C2)C[C@@H]1C. The maximum atomic E-state index is 4.66. The summed E-state index contributed by atoms with van der Waals surface area (Å²) in [4.78, 5) is 8.04. The number of hydrogen-bond acceptors (Lipinski definition) is 5. The zero-order valence-corrected chi connectivity index (χ0v) is 18.1. The highest BCUT2D eigenvalue weighted by atomic mass is 32.1. The fourth-order valence-electron chi connectivity index (χ4n) is 5.05. The largest absolute Gasteiger partial charge is 0.298 e. The van der Waals surface area contributed by atoms with Gasteiger partial charge in [0, 0.05) is 68.5 Å². The standard InChI is InChI=1S/C19H40N4S/c1-14(2)22-15(3)9-20(10-16(22)4)13-19(7,8)21-11-17(5)23(24)18(6)12-21/h14-18,24H,9-13H2,1-8H3/t15-,16-,17+,18+/m0/s1. The number of piperazine rings is 2. The molecule has 4 nitrogen and oxygen atoms in total. The number of hydrogen-bond donors (Lipinski definition) is 1. The Hall–Kier alpha value is 0.190. The van der Waals surface area contributed by atoms with E-state index in [9.17, 15) is 0 Å². The van der Waals surface area contributed by atoms with Gasteiger partial charge in [-0.2, -0.15) is 0 Å². The molecule has 2 aliphatic rings. The van der Waals surface area contributed by atoms with Gasteiger partial charge in [0.05, 0.1) is 0 Å². The molecule has 0 aliphatic carbocycles. The quantitative estimate of drug-likeness (QED) is 0.778. The van der Waals surface area contributed by atoms with E-state index in [1.165, 1.54) is 13.1 Å². The predicted octanol–water partition coefficient (Wildman–Crippen LogP) is 2.81. The van der Waals surface area contributed by atoms with Crippen molar-refractivity contribution < 1.29 is 0 Å². The van der Waals surface area contributed by atoms with E-state index in [4.69, 9.17) is 0 Å². The first-order chi connectivity index (χ1) is 11.0. The fourth-order valence-corrected chi connectivity index (χ4v) is 5.19. The Morgan fingerprint density at radius 3 is 1.75 bits per heavy atom. The molecular weight excluding hydrogens is 316 g/mol. The minimum Gasteiger partial charge on any atom is -0.298 e. The summed E-state index contributed by atoms with van der Waals surface area (Å²) in [7, 11) is 0. The van der Waals surface area contributed by atoms with Gasteiger partial charge in [-0.1, -0.05) is 12.8 Å². The second kappa shape index (κ2) is 7.83. The molecule has 0 amide bonds. The van der Waals surface area contributed by atoms with Crippen LogP contribution in [0.2, 0.25) is 0 Å². The van der Waals surface area contributed by atoms with Gasteiger partial charge in [-0.15, -0.1) is 0 Å². The van der Waals surface area contributed by atoms with Crippen LogP contribution >= 0.6 is 12.8 Å².